The van der Waals surface area contributed by atoms with E-state index in [2.05, 4.69) is 34.6 Å². The van der Waals surface area contributed by atoms with Crippen molar-refractivity contribution in [2.24, 2.45) is 52.3 Å². The van der Waals surface area contributed by atoms with Gasteiger partial charge in [0, 0.05) is 0 Å². The van der Waals surface area contributed by atoms with Crippen LogP contribution >= 0.6 is 0 Å². The predicted octanol–water partition coefficient (Wildman–Crippen LogP) is 7.49. The predicted molar refractivity (Wildman–Crippen MR) is 117 cm³/mol. The highest BCUT2D eigenvalue weighted by Crippen LogP contribution is 2.69. The summed E-state index contributed by atoms with van der Waals surface area (Å²) < 4.78 is 6.02. The van der Waals surface area contributed by atoms with Crippen molar-refractivity contribution in [2.45, 2.75) is 117 Å². The smallest absolute Gasteiger partial charge is 0.0847 e. The maximum atomic E-state index is 6.02. The van der Waals surface area contributed by atoms with Crippen molar-refractivity contribution in [3.05, 3.63) is 0 Å². The molecule has 0 radical (unpaired) electrons. The van der Waals surface area contributed by atoms with Gasteiger partial charge in [-0.1, -0.05) is 53.9 Å². The number of epoxide rings is 1. The molecule has 0 bridgehead atoms. The van der Waals surface area contributed by atoms with Crippen molar-refractivity contribution in [3.63, 3.8) is 0 Å². The van der Waals surface area contributed by atoms with Crippen molar-refractivity contribution in [1.82, 2.24) is 0 Å². The van der Waals surface area contributed by atoms with E-state index in [0.717, 1.165) is 41.4 Å². The highest BCUT2D eigenvalue weighted by atomic mass is 16.6. The summed E-state index contributed by atoms with van der Waals surface area (Å²) in [6.45, 7) is 12.8. The van der Waals surface area contributed by atoms with E-state index in [-0.39, 0.29) is 0 Å². The molecule has 5 fully saturated rings. The summed E-state index contributed by atoms with van der Waals surface area (Å²) in [4.78, 5) is 0. The minimum absolute atomic E-state index is 0.600. The summed E-state index contributed by atoms with van der Waals surface area (Å²) >= 11 is 0. The first-order valence-corrected chi connectivity index (χ1v) is 13.0. The molecule has 0 unspecified atom stereocenters. The molecule has 0 aromatic rings. The van der Waals surface area contributed by atoms with Crippen LogP contribution in [0.25, 0.3) is 0 Å². The first-order chi connectivity index (χ1) is 13.3. The lowest BCUT2D eigenvalue weighted by molar-refractivity contribution is -0.110. The normalized spacial score (nSPS) is 53.1. The van der Waals surface area contributed by atoms with Crippen molar-refractivity contribution >= 4 is 0 Å². The maximum absolute atomic E-state index is 6.02. The van der Waals surface area contributed by atoms with Crippen LogP contribution in [0.3, 0.4) is 0 Å². The lowest BCUT2D eigenvalue weighted by Gasteiger charge is -2.60. The average Bonchev–Trinajstić information content (AvgIpc) is 3.27. The Balaban J connectivity index is 1.30. The molecule has 4 aliphatic carbocycles. The number of hydrogen-bond acceptors (Lipinski definition) is 1. The van der Waals surface area contributed by atoms with E-state index in [4.69, 9.17) is 4.74 Å². The molecule has 1 saturated heterocycles. The molecule has 1 aliphatic heterocycles. The van der Waals surface area contributed by atoms with Gasteiger partial charge in [-0.3, -0.25) is 0 Å². The Labute approximate surface area is 174 Å². The van der Waals surface area contributed by atoms with Crippen molar-refractivity contribution < 1.29 is 4.74 Å². The fraction of sp³-hybridized carbons (Fsp3) is 1.00. The second-order valence-corrected chi connectivity index (χ2v) is 12.8. The number of fused-ring (bicyclic) bond motifs is 6. The molecule has 1 nitrogen and oxygen atoms in total. The molecule has 1 heterocycles. The van der Waals surface area contributed by atoms with Gasteiger partial charge in [-0.15, -0.1) is 0 Å². The Morgan fingerprint density at radius 3 is 2.43 bits per heavy atom. The summed E-state index contributed by atoms with van der Waals surface area (Å²) in [5, 5.41) is 0. The fourth-order valence-corrected chi connectivity index (χ4v) is 9.54. The van der Waals surface area contributed by atoms with E-state index < -0.39 is 0 Å². The third-order valence-electron chi connectivity index (χ3n) is 11.1. The van der Waals surface area contributed by atoms with Gasteiger partial charge >= 0.3 is 0 Å². The number of rotatable bonds is 5. The van der Waals surface area contributed by atoms with Gasteiger partial charge in [0.25, 0.3) is 0 Å². The average molecular weight is 387 g/mol. The number of hydrogen-bond donors (Lipinski definition) is 0. The fourth-order valence-electron chi connectivity index (χ4n) is 9.54. The van der Waals surface area contributed by atoms with Gasteiger partial charge in [-0.25, -0.2) is 0 Å². The second-order valence-electron chi connectivity index (χ2n) is 12.8. The monoisotopic (exact) mass is 386 g/mol. The molecule has 1 heteroatoms. The highest BCUT2D eigenvalue weighted by Gasteiger charge is 2.63. The van der Waals surface area contributed by atoms with Gasteiger partial charge in [0.15, 0.2) is 0 Å². The Bertz CT molecular complexity index is 583. The molecule has 0 spiro atoms. The maximum Gasteiger partial charge on any atom is 0.0847 e. The topological polar surface area (TPSA) is 12.5 Å². The van der Waals surface area contributed by atoms with E-state index in [9.17, 15) is 0 Å². The van der Waals surface area contributed by atoms with Crippen molar-refractivity contribution in [3.8, 4) is 0 Å². The third kappa shape index (κ3) is 3.04. The van der Waals surface area contributed by atoms with E-state index in [1.54, 1.807) is 6.42 Å². The third-order valence-corrected chi connectivity index (χ3v) is 11.1. The minimum Gasteiger partial charge on any atom is -0.370 e. The Kier molecular flexibility index (Phi) is 4.97. The van der Waals surface area contributed by atoms with Crippen LogP contribution in [0.1, 0.15) is 105 Å². The van der Waals surface area contributed by atoms with Gasteiger partial charge in [0.2, 0.25) is 0 Å². The zero-order valence-electron chi connectivity index (χ0n) is 19.4. The molecule has 160 valence electrons. The van der Waals surface area contributed by atoms with Crippen LogP contribution in [0.5, 0.6) is 0 Å². The van der Waals surface area contributed by atoms with Crippen LogP contribution in [-0.2, 0) is 4.74 Å². The standard InChI is InChI=1S/C27H46O/c1-17(2)7-6-8-18(3)21-11-12-22-20-10-9-19-15-24-25(28-24)16-27(19,5)23(20)13-14-26(21,22)4/h17-25H,6-16H2,1-5H3/t18-,19-,20-,21+,22-,23-,24-,25+,26+,27-/m0/s1. The molecule has 0 amide bonds. The van der Waals surface area contributed by atoms with Crippen LogP contribution in [0.4, 0.5) is 0 Å². The molecule has 0 N–H and O–H groups in total. The number of ether oxygens (including phenoxy) is 1. The molecule has 0 aromatic carbocycles. The Morgan fingerprint density at radius 1 is 0.857 bits per heavy atom. The van der Waals surface area contributed by atoms with Crippen LogP contribution in [0.15, 0.2) is 0 Å². The summed E-state index contributed by atoms with van der Waals surface area (Å²) in [5.41, 5.74) is 1.25. The Morgan fingerprint density at radius 2 is 1.64 bits per heavy atom. The summed E-state index contributed by atoms with van der Waals surface area (Å²) in [6.07, 6.45) is 17.6. The molecule has 5 aliphatic rings. The zero-order chi connectivity index (χ0) is 19.7. The zero-order valence-corrected chi connectivity index (χ0v) is 19.4. The minimum atomic E-state index is 0.600. The van der Waals surface area contributed by atoms with Crippen LogP contribution in [-0.4, -0.2) is 12.2 Å². The first-order valence-electron chi connectivity index (χ1n) is 13.0. The van der Waals surface area contributed by atoms with E-state index in [1.807, 2.05) is 0 Å². The van der Waals surface area contributed by atoms with Crippen molar-refractivity contribution in [1.29, 1.82) is 0 Å². The molecule has 5 rings (SSSR count). The van der Waals surface area contributed by atoms with Gasteiger partial charge < -0.3 is 4.74 Å². The van der Waals surface area contributed by atoms with E-state index in [1.165, 1.54) is 64.2 Å². The SMILES string of the molecule is CC(C)CCC[C@H](C)[C@H]1CC[C@H]2[C@@H]3CC[C@H]4C[C@@H]5O[C@@H]5C[C@]4(C)[C@H]3CC[C@]12C. The van der Waals surface area contributed by atoms with Gasteiger partial charge in [0.1, 0.15) is 0 Å². The van der Waals surface area contributed by atoms with Crippen LogP contribution in [0, 0.1) is 52.3 Å². The quantitative estimate of drug-likeness (QED) is 0.446. The van der Waals surface area contributed by atoms with E-state index in [0.29, 0.717) is 23.0 Å². The molecule has 4 saturated carbocycles. The van der Waals surface area contributed by atoms with Gasteiger partial charge in [-0.2, -0.15) is 0 Å². The molecule has 0 aromatic heterocycles. The molecular weight excluding hydrogens is 340 g/mol. The second kappa shape index (κ2) is 7.00. The first kappa shape index (κ1) is 19.9. The molecule has 10 atom stereocenters. The van der Waals surface area contributed by atoms with Crippen LogP contribution in [0.2, 0.25) is 0 Å². The largest absolute Gasteiger partial charge is 0.370 e. The molecular formula is C27H46O. The summed E-state index contributed by atoms with van der Waals surface area (Å²) in [5.74, 6) is 6.84. The lowest BCUT2D eigenvalue weighted by Crippen LogP contribution is -2.54. The lowest BCUT2D eigenvalue weighted by atomic mass is 9.44. The summed E-state index contributed by atoms with van der Waals surface area (Å²) in [7, 11) is 0. The van der Waals surface area contributed by atoms with Crippen molar-refractivity contribution in [2.75, 3.05) is 0 Å². The molecule has 28 heavy (non-hydrogen) atoms. The highest BCUT2D eigenvalue weighted by molar-refractivity contribution is 5.12. The van der Waals surface area contributed by atoms with Gasteiger partial charge in [-0.05, 0) is 104 Å². The Hall–Kier alpha value is -0.0400. The van der Waals surface area contributed by atoms with Crippen LogP contribution < -0.4 is 0 Å². The summed E-state index contributed by atoms with van der Waals surface area (Å²) in [6, 6.07) is 0. The van der Waals surface area contributed by atoms with E-state index >= 15 is 0 Å². The van der Waals surface area contributed by atoms with Gasteiger partial charge in [0.05, 0.1) is 12.2 Å².